The van der Waals surface area contributed by atoms with E-state index in [-0.39, 0.29) is 25.2 Å². The summed E-state index contributed by atoms with van der Waals surface area (Å²) >= 11 is 0. The molecule has 0 saturated carbocycles. The van der Waals surface area contributed by atoms with Crippen LogP contribution in [0, 0.1) is 0 Å². The molecule has 1 aliphatic rings. The first-order chi connectivity index (χ1) is 10.6. The largest absolute Gasteiger partial charge is 0.497 e. The van der Waals surface area contributed by atoms with Crippen LogP contribution in [0.5, 0.6) is 5.75 Å². The van der Waals surface area contributed by atoms with Crippen LogP contribution in [0.25, 0.3) is 0 Å². The maximum atomic E-state index is 13.5. The first kappa shape index (κ1) is 17.6. The molecule has 0 aliphatic carbocycles. The number of alkyl halides is 3. The van der Waals surface area contributed by atoms with Crippen molar-refractivity contribution in [3.05, 3.63) is 29.8 Å². The fourth-order valence-corrected chi connectivity index (χ4v) is 2.87. The second-order valence-electron chi connectivity index (χ2n) is 6.34. The molecule has 0 aromatic heterocycles. The maximum Gasteiger partial charge on any atom is 0.405 e. The van der Waals surface area contributed by atoms with Gasteiger partial charge in [-0.1, -0.05) is 12.1 Å². The molecular formula is C16H21F3N2O2. The lowest BCUT2D eigenvalue weighted by molar-refractivity contribution is -0.202. The predicted molar refractivity (Wildman–Crippen MR) is 79.8 cm³/mol. The first-order valence-electron chi connectivity index (χ1n) is 7.42. The van der Waals surface area contributed by atoms with Gasteiger partial charge in [-0.05, 0) is 44.4 Å². The molecule has 0 radical (unpaired) electrons. The summed E-state index contributed by atoms with van der Waals surface area (Å²) in [5.74, 6) is 0.228. The molecular weight excluding hydrogens is 309 g/mol. The Morgan fingerprint density at radius 1 is 1.39 bits per heavy atom. The van der Waals surface area contributed by atoms with Crippen molar-refractivity contribution in [1.82, 2.24) is 10.4 Å². The molecule has 2 rings (SSSR count). The molecule has 1 fully saturated rings. The van der Waals surface area contributed by atoms with Crippen LogP contribution >= 0.6 is 0 Å². The molecule has 4 nitrogen and oxygen atoms in total. The lowest BCUT2D eigenvalue weighted by Crippen LogP contribution is -2.56. The van der Waals surface area contributed by atoms with E-state index in [4.69, 9.17) is 4.74 Å². The van der Waals surface area contributed by atoms with Gasteiger partial charge in [0.15, 0.2) is 0 Å². The molecule has 1 atom stereocenters. The zero-order chi connectivity index (χ0) is 17.3. The molecule has 1 aromatic rings. The Bertz CT molecular complexity index is 573. The Hall–Kier alpha value is -1.76. The third-order valence-corrected chi connectivity index (χ3v) is 4.02. The van der Waals surface area contributed by atoms with E-state index < -0.39 is 17.8 Å². The summed E-state index contributed by atoms with van der Waals surface area (Å²) < 4.78 is 45.5. The topological polar surface area (TPSA) is 41.6 Å². The highest BCUT2D eigenvalue weighted by atomic mass is 19.4. The summed E-state index contributed by atoms with van der Waals surface area (Å²) in [5, 5.41) is 1.05. The van der Waals surface area contributed by atoms with E-state index in [1.165, 1.54) is 7.11 Å². The van der Waals surface area contributed by atoms with Gasteiger partial charge in [-0.2, -0.15) is 13.2 Å². The van der Waals surface area contributed by atoms with Crippen molar-refractivity contribution >= 4 is 5.91 Å². The van der Waals surface area contributed by atoms with Gasteiger partial charge in [0.25, 0.3) is 0 Å². The van der Waals surface area contributed by atoms with Gasteiger partial charge in [0, 0.05) is 12.0 Å². The summed E-state index contributed by atoms with van der Waals surface area (Å²) in [7, 11) is 1.51. The SMILES string of the molecule is COc1cccc(CC[C@H](N2NC(=O)CC2(C)C)C(F)(F)F)c1. The Morgan fingerprint density at radius 2 is 2.09 bits per heavy atom. The maximum absolute atomic E-state index is 13.5. The molecule has 0 spiro atoms. The highest BCUT2D eigenvalue weighted by molar-refractivity contribution is 5.78. The fraction of sp³-hybridized carbons (Fsp3) is 0.562. The van der Waals surface area contributed by atoms with E-state index in [0.717, 1.165) is 10.6 Å². The zero-order valence-electron chi connectivity index (χ0n) is 13.4. The van der Waals surface area contributed by atoms with Crippen LogP contribution in [-0.4, -0.2) is 35.8 Å². The van der Waals surface area contributed by atoms with Gasteiger partial charge in [-0.15, -0.1) is 0 Å². The monoisotopic (exact) mass is 330 g/mol. The number of carbonyl (C=O) groups excluding carboxylic acids is 1. The summed E-state index contributed by atoms with van der Waals surface area (Å²) in [6.45, 7) is 3.27. The second kappa shape index (κ2) is 6.39. The van der Waals surface area contributed by atoms with E-state index in [1.54, 1.807) is 38.1 Å². The minimum atomic E-state index is -4.42. The Kier molecular flexibility index (Phi) is 4.89. The van der Waals surface area contributed by atoms with Gasteiger partial charge in [0.1, 0.15) is 11.8 Å². The number of carbonyl (C=O) groups is 1. The molecule has 1 aliphatic heterocycles. The molecule has 128 valence electrons. The average molecular weight is 330 g/mol. The standard InChI is InChI=1S/C16H21F3N2O2/c1-15(2)10-14(22)20-21(15)13(16(17,18)19)8-7-11-5-4-6-12(9-11)23-3/h4-6,9,13H,7-8,10H2,1-3H3,(H,20,22)/t13-/m0/s1. The van der Waals surface area contributed by atoms with E-state index in [1.807, 2.05) is 0 Å². The van der Waals surface area contributed by atoms with Crippen LogP contribution in [0.1, 0.15) is 32.3 Å². The highest BCUT2D eigenvalue weighted by Gasteiger charge is 2.51. The number of rotatable bonds is 5. The van der Waals surface area contributed by atoms with E-state index in [2.05, 4.69) is 5.43 Å². The smallest absolute Gasteiger partial charge is 0.405 e. The van der Waals surface area contributed by atoms with E-state index in [9.17, 15) is 18.0 Å². The van der Waals surface area contributed by atoms with Gasteiger partial charge in [-0.25, -0.2) is 5.01 Å². The molecule has 1 saturated heterocycles. The number of hydrogen-bond donors (Lipinski definition) is 1. The normalized spacial score (nSPS) is 19.5. The average Bonchev–Trinajstić information content (AvgIpc) is 2.71. The summed E-state index contributed by atoms with van der Waals surface area (Å²) in [6.07, 6.45) is -4.27. The first-order valence-corrected chi connectivity index (χ1v) is 7.42. The van der Waals surface area contributed by atoms with Crippen molar-refractivity contribution < 1.29 is 22.7 Å². The quantitative estimate of drug-likeness (QED) is 0.902. The lowest BCUT2D eigenvalue weighted by atomic mass is 9.97. The van der Waals surface area contributed by atoms with Crippen molar-refractivity contribution in [2.75, 3.05) is 7.11 Å². The van der Waals surface area contributed by atoms with Crippen LogP contribution in [0.3, 0.4) is 0 Å². The molecule has 0 unspecified atom stereocenters. The number of benzene rings is 1. The van der Waals surface area contributed by atoms with Crippen molar-refractivity contribution in [1.29, 1.82) is 0 Å². The Morgan fingerprint density at radius 3 is 2.61 bits per heavy atom. The third-order valence-electron chi connectivity index (χ3n) is 4.02. The van der Waals surface area contributed by atoms with Crippen molar-refractivity contribution in [3.8, 4) is 5.75 Å². The van der Waals surface area contributed by atoms with Gasteiger partial charge in [0.2, 0.25) is 5.91 Å². The Labute approximate surface area is 133 Å². The molecule has 0 bridgehead atoms. The van der Waals surface area contributed by atoms with Gasteiger partial charge < -0.3 is 4.74 Å². The molecule has 1 amide bonds. The number of halogens is 3. The van der Waals surface area contributed by atoms with Crippen molar-refractivity contribution in [3.63, 3.8) is 0 Å². The minimum absolute atomic E-state index is 0.0543. The van der Waals surface area contributed by atoms with Gasteiger partial charge in [-0.3, -0.25) is 10.2 Å². The molecule has 1 heterocycles. The number of hydrazine groups is 1. The van der Waals surface area contributed by atoms with Crippen LogP contribution in [-0.2, 0) is 11.2 Å². The second-order valence-corrected chi connectivity index (χ2v) is 6.34. The molecule has 1 N–H and O–H groups in total. The highest BCUT2D eigenvalue weighted by Crippen LogP contribution is 2.35. The molecule has 7 heteroatoms. The molecule has 1 aromatic carbocycles. The number of nitrogens with one attached hydrogen (secondary N) is 1. The predicted octanol–water partition coefficient (Wildman–Crippen LogP) is 3.07. The third kappa shape index (κ3) is 4.16. The van der Waals surface area contributed by atoms with Gasteiger partial charge in [0.05, 0.1) is 7.11 Å². The number of methoxy groups -OCH3 is 1. The van der Waals surface area contributed by atoms with Crippen LogP contribution in [0.15, 0.2) is 24.3 Å². The Balaban J connectivity index is 2.15. The summed E-state index contributed by atoms with van der Waals surface area (Å²) in [5.41, 5.74) is 2.26. The molecule has 23 heavy (non-hydrogen) atoms. The summed E-state index contributed by atoms with van der Waals surface area (Å²) in [6, 6.07) is 5.26. The van der Waals surface area contributed by atoms with E-state index >= 15 is 0 Å². The summed E-state index contributed by atoms with van der Waals surface area (Å²) in [4.78, 5) is 11.5. The number of nitrogens with zero attached hydrogens (tertiary/aromatic N) is 1. The van der Waals surface area contributed by atoms with Crippen LogP contribution < -0.4 is 10.2 Å². The fourth-order valence-electron chi connectivity index (χ4n) is 2.87. The van der Waals surface area contributed by atoms with Crippen LogP contribution in [0.2, 0.25) is 0 Å². The van der Waals surface area contributed by atoms with Crippen molar-refractivity contribution in [2.24, 2.45) is 0 Å². The number of aryl methyl sites for hydroxylation is 1. The van der Waals surface area contributed by atoms with Gasteiger partial charge >= 0.3 is 6.18 Å². The number of amides is 1. The van der Waals surface area contributed by atoms with Crippen molar-refractivity contribution in [2.45, 2.75) is 50.9 Å². The minimum Gasteiger partial charge on any atom is -0.497 e. The number of hydrogen-bond acceptors (Lipinski definition) is 3. The van der Waals surface area contributed by atoms with Crippen LogP contribution in [0.4, 0.5) is 13.2 Å². The lowest BCUT2D eigenvalue weighted by Gasteiger charge is -2.37. The number of ether oxygens (including phenoxy) is 1. The zero-order valence-corrected chi connectivity index (χ0v) is 13.4. The van der Waals surface area contributed by atoms with E-state index in [0.29, 0.717) is 5.75 Å².